The number of carboxylic acids is 1. The normalized spacial score (nSPS) is 18.9. The number of rotatable bonds is 4. The maximum Gasteiger partial charge on any atom is 0.311 e. The molecular formula is C13H22N4O3. The van der Waals surface area contributed by atoms with Crippen LogP contribution in [-0.4, -0.2) is 44.5 Å². The first-order chi connectivity index (χ1) is 9.32. The first-order valence-electron chi connectivity index (χ1n) is 6.89. The number of hydrogen-bond donors (Lipinski definition) is 1. The summed E-state index contributed by atoms with van der Waals surface area (Å²) in [4.78, 5) is 11.7. The summed E-state index contributed by atoms with van der Waals surface area (Å²) in [6.45, 7) is 7.57. The Morgan fingerprint density at radius 2 is 2.05 bits per heavy atom. The molecule has 0 spiro atoms. The zero-order valence-corrected chi connectivity index (χ0v) is 12.3. The van der Waals surface area contributed by atoms with E-state index in [2.05, 4.69) is 36.3 Å². The number of aromatic nitrogens is 4. The van der Waals surface area contributed by atoms with Gasteiger partial charge in [-0.3, -0.25) is 4.79 Å². The zero-order valence-electron chi connectivity index (χ0n) is 12.3. The van der Waals surface area contributed by atoms with Gasteiger partial charge in [0.2, 0.25) is 0 Å². The fourth-order valence-electron chi connectivity index (χ4n) is 2.44. The number of hydrogen-bond acceptors (Lipinski definition) is 5. The molecule has 0 atom stereocenters. The van der Waals surface area contributed by atoms with E-state index >= 15 is 0 Å². The SMILES string of the molecule is CC(C)(C)Cc1nnnn1CC1(C(=O)O)CCOCC1. The lowest BCUT2D eigenvalue weighted by Crippen LogP contribution is -2.41. The van der Waals surface area contributed by atoms with E-state index < -0.39 is 11.4 Å². The Hall–Kier alpha value is -1.50. The summed E-state index contributed by atoms with van der Waals surface area (Å²) in [5, 5.41) is 21.3. The Kier molecular flexibility index (Phi) is 4.08. The van der Waals surface area contributed by atoms with Crippen molar-refractivity contribution in [2.24, 2.45) is 10.8 Å². The molecule has 0 saturated carbocycles. The highest BCUT2D eigenvalue weighted by Gasteiger charge is 2.41. The molecule has 1 aliphatic heterocycles. The molecule has 0 amide bonds. The molecule has 1 N–H and O–H groups in total. The molecule has 0 bridgehead atoms. The molecule has 1 aromatic rings. The number of ether oxygens (including phenoxy) is 1. The summed E-state index contributed by atoms with van der Waals surface area (Å²) in [6, 6.07) is 0. The molecule has 7 heteroatoms. The molecule has 112 valence electrons. The molecule has 1 aliphatic rings. The van der Waals surface area contributed by atoms with Crippen LogP contribution in [0.1, 0.15) is 39.4 Å². The highest BCUT2D eigenvalue weighted by Crippen LogP contribution is 2.33. The van der Waals surface area contributed by atoms with Crippen LogP contribution in [0.3, 0.4) is 0 Å². The fourth-order valence-corrected chi connectivity index (χ4v) is 2.44. The third-order valence-corrected chi connectivity index (χ3v) is 3.65. The van der Waals surface area contributed by atoms with E-state index in [1.165, 1.54) is 0 Å². The summed E-state index contributed by atoms with van der Waals surface area (Å²) in [5.41, 5.74) is -0.765. The number of carbonyl (C=O) groups is 1. The second kappa shape index (κ2) is 5.47. The molecular weight excluding hydrogens is 260 g/mol. The van der Waals surface area contributed by atoms with Gasteiger partial charge >= 0.3 is 5.97 Å². The molecule has 2 rings (SSSR count). The predicted octanol–water partition coefficient (Wildman–Crippen LogP) is 1.14. The molecule has 1 fully saturated rings. The van der Waals surface area contributed by atoms with Gasteiger partial charge in [-0.2, -0.15) is 0 Å². The first kappa shape index (κ1) is 14.9. The number of nitrogens with zero attached hydrogens (tertiary/aromatic N) is 4. The molecule has 20 heavy (non-hydrogen) atoms. The summed E-state index contributed by atoms with van der Waals surface area (Å²) >= 11 is 0. The fraction of sp³-hybridized carbons (Fsp3) is 0.846. The highest BCUT2D eigenvalue weighted by atomic mass is 16.5. The van der Waals surface area contributed by atoms with Gasteiger partial charge in [0.1, 0.15) is 0 Å². The molecule has 1 aromatic heterocycles. The van der Waals surface area contributed by atoms with Crippen LogP contribution >= 0.6 is 0 Å². The van der Waals surface area contributed by atoms with Crippen molar-refractivity contribution in [2.75, 3.05) is 13.2 Å². The summed E-state index contributed by atoms with van der Waals surface area (Å²) in [7, 11) is 0. The second-order valence-electron chi connectivity index (χ2n) is 6.69. The largest absolute Gasteiger partial charge is 0.481 e. The lowest BCUT2D eigenvalue weighted by molar-refractivity contribution is -0.156. The van der Waals surface area contributed by atoms with Crippen LogP contribution in [0.4, 0.5) is 0 Å². The van der Waals surface area contributed by atoms with E-state index in [0.29, 0.717) is 39.0 Å². The van der Waals surface area contributed by atoms with Gasteiger partial charge in [0.05, 0.1) is 12.0 Å². The van der Waals surface area contributed by atoms with Crippen LogP contribution in [0.5, 0.6) is 0 Å². The Labute approximate surface area is 118 Å². The van der Waals surface area contributed by atoms with Crippen molar-refractivity contribution in [3.63, 3.8) is 0 Å². The average Bonchev–Trinajstić information content (AvgIpc) is 2.75. The van der Waals surface area contributed by atoms with Crippen molar-refractivity contribution in [3.8, 4) is 0 Å². The van der Waals surface area contributed by atoms with Crippen molar-refractivity contribution in [1.82, 2.24) is 20.2 Å². The van der Waals surface area contributed by atoms with E-state index in [1.807, 2.05) is 0 Å². The smallest absolute Gasteiger partial charge is 0.311 e. The molecule has 0 aliphatic carbocycles. The summed E-state index contributed by atoms with van der Waals surface area (Å²) in [5.74, 6) is -0.0531. The van der Waals surface area contributed by atoms with Crippen LogP contribution in [0.15, 0.2) is 0 Å². The average molecular weight is 282 g/mol. The minimum absolute atomic E-state index is 0.0541. The van der Waals surface area contributed by atoms with E-state index in [1.54, 1.807) is 4.68 Å². The third kappa shape index (κ3) is 3.33. The lowest BCUT2D eigenvalue weighted by atomic mass is 9.80. The van der Waals surface area contributed by atoms with Crippen LogP contribution < -0.4 is 0 Å². The molecule has 0 unspecified atom stereocenters. The number of carboxylic acid groups (broad SMARTS) is 1. The van der Waals surface area contributed by atoms with Crippen LogP contribution in [0, 0.1) is 10.8 Å². The van der Waals surface area contributed by atoms with Crippen LogP contribution in [0.2, 0.25) is 0 Å². The minimum atomic E-state index is -0.819. The molecule has 7 nitrogen and oxygen atoms in total. The quantitative estimate of drug-likeness (QED) is 0.890. The second-order valence-corrected chi connectivity index (χ2v) is 6.69. The molecule has 0 aromatic carbocycles. The maximum absolute atomic E-state index is 11.7. The van der Waals surface area contributed by atoms with E-state index in [9.17, 15) is 9.90 Å². The van der Waals surface area contributed by atoms with Crippen molar-refractivity contribution in [3.05, 3.63) is 5.82 Å². The summed E-state index contributed by atoms with van der Waals surface area (Å²) < 4.78 is 6.92. The molecule has 1 saturated heterocycles. The van der Waals surface area contributed by atoms with Gasteiger partial charge < -0.3 is 9.84 Å². The predicted molar refractivity (Wildman–Crippen MR) is 71.1 cm³/mol. The van der Waals surface area contributed by atoms with Gasteiger partial charge in [-0.1, -0.05) is 20.8 Å². The molecule has 0 radical (unpaired) electrons. The minimum Gasteiger partial charge on any atom is -0.481 e. The Bertz CT molecular complexity index is 472. The van der Waals surface area contributed by atoms with Crippen molar-refractivity contribution < 1.29 is 14.6 Å². The van der Waals surface area contributed by atoms with E-state index in [0.717, 1.165) is 5.82 Å². The maximum atomic E-state index is 11.7. The molecule has 2 heterocycles. The van der Waals surface area contributed by atoms with Gasteiger partial charge in [-0.25, -0.2) is 4.68 Å². The van der Waals surface area contributed by atoms with Crippen molar-refractivity contribution in [1.29, 1.82) is 0 Å². The van der Waals surface area contributed by atoms with Crippen molar-refractivity contribution in [2.45, 2.75) is 46.6 Å². The van der Waals surface area contributed by atoms with Gasteiger partial charge in [-0.15, -0.1) is 5.10 Å². The monoisotopic (exact) mass is 282 g/mol. The lowest BCUT2D eigenvalue weighted by Gasteiger charge is -2.33. The first-order valence-corrected chi connectivity index (χ1v) is 6.89. The van der Waals surface area contributed by atoms with Gasteiger partial charge in [0.25, 0.3) is 0 Å². The Balaban J connectivity index is 2.19. The zero-order chi connectivity index (χ0) is 14.8. The standard InChI is InChI=1S/C13H22N4O3/c1-12(2,3)8-10-14-15-16-17(10)9-13(11(18)19)4-6-20-7-5-13/h4-9H2,1-3H3,(H,18,19). The van der Waals surface area contributed by atoms with Gasteiger partial charge in [0, 0.05) is 19.6 Å². The van der Waals surface area contributed by atoms with E-state index in [-0.39, 0.29) is 5.41 Å². The van der Waals surface area contributed by atoms with Crippen LogP contribution in [0.25, 0.3) is 0 Å². The number of tetrazole rings is 1. The Morgan fingerprint density at radius 3 is 2.60 bits per heavy atom. The van der Waals surface area contributed by atoms with E-state index in [4.69, 9.17) is 4.74 Å². The Morgan fingerprint density at radius 1 is 1.40 bits per heavy atom. The van der Waals surface area contributed by atoms with Gasteiger partial charge in [-0.05, 0) is 28.7 Å². The summed E-state index contributed by atoms with van der Waals surface area (Å²) in [6.07, 6.45) is 1.71. The highest BCUT2D eigenvalue weighted by molar-refractivity contribution is 5.74. The number of aliphatic carboxylic acids is 1. The van der Waals surface area contributed by atoms with Gasteiger partial charge in [0.15, 0.2) is 5.82 Å². The van der Waals surface area contributed by atoms with Crippen LogP contribution in [-0.2, 0) is 22.5 Å². The topological polar surface area (TPSA) is 90.1 Å². The third-order valence-electron chi connectivity index (χ3n) is 3.65. The van der Waals surface area contributed by atoms with Crippen molar-refractivity contribution >= 4 is 5.97 Å².